The minimum absolute atomic E-state index is 0.0708. The number of aromatic nitrogens is 1. The van der Waals surface area contributed by atoms with Crippen LogP contribution in [0.4, 0.5) is 0 Å². The minimum Gasteiger partial charge on any atom is -0.482 e. The Kier molecular flexibility index (Phi) is 7.15. The highest BCUT2D eigenvalue weighted by molar-refractivity contribution is 5.88. The van der Waals surface area contributed by atoms with E-state index in [0.717, 1.165) is 41.5 Å². The molecule has 2 aromatic carbocycles. The second kappa shape index (κ2) is 10.6. The first-order valence-corrected chi connectivity index (χ1v) is 11.0. The molecule has 3 aromatic rings. The van der Waals surface area contributed by atoms with Gasteiger partial charge in [0.25, 0.3) is 0 Å². The Morgan fingerprint density at radius 1 is 1.09 bits per heavy atom. The first kappa shape index (κ1) is 22.3. The number of nitrogens with zero attached hydrogens (tertiary/aromatic N) is 1. The summed E-state index contributed by atoms with van der Waals surface area (Å²) in [5.41, 5.74) is 4.00. The molecule has 6 nitrogen and oxygen atoms in total. The number of carboxylic acids is 1. The Morgan fingerprint density at radius 2 is 1.91 bits per heavy atom. The summed E-state index contributed by atoms with van der Waals surface area (Å²) in [5.74, 6) is -0.504. The molecule has 0 aliphatic heterocycles. The summed E-state index contributed by atoms with van der Waals surface area (Å²) < 4.78 is 5.48. The van der Waals surface area contributed by atoms with Gasteiger partial charge in [0, 0.05) is 18.3 Å². The van der Waals surface area contributed by atoms with Crippen molar-refractivity contribution in [1.82, 2.24) is 10.3 Å². The normalized spacial score (nSPS) is 16.1. The van der Waals surface area contributed by atoms with Crippen molar-refractivity contribution in [2.24, 2.45) is 0 Å². The highest BCUT2D eigenvalue weighted by atomic mass is 16.5. The molecule has 0 fully saturated rings. The maximum absolute atomic E-state index is 12.9. The van der Waals surface area contributed by atoms with Crippen LogP contribution in [0.25, 0.3) is 0 Å². The van der Waals surface area contributed by atoms with Crippen LogP contribution in [0.5, 0.6) is 5.75 Å². The van der Waals surface area contributed by atoms with Gasteiger partial charge in [0.1, 0.15) is 5.75 Å². The molecule has 1 amide bonds. The Balaban J connectivity index is 1.51. The zero-order valence-electron chi connectivity index (χ0n) is 18.2. The van der Waals surface area contributed by atoms with Gasteiger partial charge in [-0.05, 0) is 59.7 Å². The van der Waals surface area contributed by atoms with Gasteiger partial charge in [-0.2, -0.15) is 0 Å². The predicted octanol–water partition coefficient (Wildman–Crippen LogP) is 4.43. The fraction of sp³-hybridized carbons (Fsp3) is 0.222. The molecule has 2 N–H and O–H groups in total. The molecule has 0 radical (unpaired) electrons. The van der Waals surface area contributed by atoms with Crippen LogP contribution in [0.15, 0.2) is 85.2 Å². The molecular formula is C27H26N2O4. The molecule has 33 heavy (non-hydrogen) atoms. The first-order valence-electron chi connectivity index (χ1n) is 11.0. The number of pyridine rings is 1. The van der Waals surface area contributed by atoms with Gasteiger partial charge < -0.3 is 15.2 Å². The van der Waals surface area contributed by atoms with Gasteiger partial charge in [0.05, 0.1) is 6.04 Å². The first-order chi connectivity index (χ1) is 16.1. The van der Waals surface area contributed by atoms with E-state index in [4.69, 9.17) is 9.84 Å². The smallest absolute Gasteiger partial charge is 0.341 e. The maximum Gasteiger partial charge on any atom is 0.341 e. The lowest BCUT2D eigenvalue weighted by molar-refractivity contribution is -0.139. The van der Waals surface area contributed by atoms with E-state index in [1.54, 1.807) is 24.5 Å². The van der Waals surface area contributed by atoms with Crippen molar-refractivity contribution in [1.29, 1.82) is 0 Å². The summed E-state index contributed by atoms with van der Waals surface area (Å²) >= 11 is 0. The fourth-order valence-electron chi connectivity index (χ4n) is 4.27. The quantitative estimate of drug-likeness (QED) is 0.504. The van der Waals surface area contributed by atoms with Crippen LogP contribution in [-0.2, 0) is 16.0 Å². The van der Waals surface area contributed by atoms with Crippen molar-refractivity contribution < 1.29 is 19.4 Å². The van der Waals surface area contributed by atoms with Crippen molar-refractivity contribution in [3.8, 4) is 5.75 Å². The molecular weight excluding hydrogens is 416 g/mol. The van der Waals surface area contributed by atoms with Crippen LogP contribution in [0.3, 0.4) is 0 Å². The lowest BCUT2D eigenvalue weighted by atomic mass is 9.82. The van der Waals surface area contributed by atoms with Gasteiger partial charge in [-0.1, -0.05) is 54.6 Å². The molecule has 1 aliphatic carbocycles. The largest absolute Gasteiger partial charge is 0.482 e. The van der Waals surface area contributed by atoms with Crippen molar-refractivity contribution in [3.05, 3.63) is 107 Å². The molecule has 0 bridgehead atoms. The van der Waals surface area contributed by atoms with E-state index >= 15 is 0 Å². The lowest BCUT2D eigenvalue weighted by Gasteiger charge is -2.25. The monoisotopic (exact) mass is 442 g/mol. The number of carbonyl (C=O) groups excluding carboxylic acids is 1. The summed E-state index contributed by atoms with van der Waals surface area (Å²) in [6.45, 7) is -0.366. The molecule has 0 saturated carbocycles. The van der Waals surface area contributed by atoms with Crippen molar-refractivity contribution in [3.63, 3.8) is 0 Å². The van der Waals surface area contributed by atoms with Crippen LogP contribution >= 0.6 is 0 Å². The summed E-state index contributed by atoms with van der Waals surface area (Å²) in [6.07, 6.45) is 9.69. The maximum atomic E-state index is 12.9. The highest BCUT2D eigenvalue weighted by Gasteiger charge is 2.22. The lowest BCUT2D eigenvalue weighted by Crippen LogP contribution is -2.28. The topological polar surface area (TPSA) is 88.5 Å². The molecule has 168 valence electrons. The molecule has 2 unspecified atom stereocenters. The van der Waals surface area contributed by atoms with Crippen LogP contribution in [0, 0.1) is 0 Å². The van der Waals surface area contributed by atoms with Gasteiger partial charge in [0.2, 0.25) is 5.91 Å². The van der Waals surface area contributed by atoms with E-state index in [-0.39, 0.29) is 24.5 Å². The Hall–Kier alpha value is -3.93. The third-order valence-corrected chi connectivity index (χ3v) is 5.78. The number of aliphatic carboxylic acids is 1. The number of carbonyl (C=O) groups is 2. The van der Waals surface area contributed by atoms with E-state index in [1.807, 2.05) is 60.7 Å². The zero-order valence-corrected chi connectivity index (χ0v) is 18.2. The summed E-state index contributed by atoms with van der Waals surface area (Å²) in [7, 11) is 0. The van der Waals surface area contributed by atoms with E-state index in [0.29, 0.717) is 5.75 Å². The summed E-state index contributed by atoms with van der Waals surface area (Å²) in [5, 5.41) is 12.0. The van der Waals surface area contributed by atoms with E-state index in [2.05, 4.69) is 10.3 Å². The molecule has 0 saturated heterocycles. The number of hydrogen-bond acceptors (Lipinski definition) is 4. The number of amides is 1. The van der Waals surface area contributed by atoms with Crippen molar-refractivity contribution >= 4 is 11.9 Å². The average molecular weight is 443 g/mol. The number of ether oxygens (including phenoxy) is 1. The van der Waals surface area contributed by atoms with Gasteiger partial charge in [-0.3, -0.25) is 9.78 Å². The van der Waals surface area contributed by atoms with Gasteiger partial charge >= 0.3 is 5.97 Å². The highest BCUT2D eigenvalue weighted by Crippen LogP contribution is 2.37. The molecule has 4 rings (SSSR count). The third-order valence-electron chi connectivity index (χ3n) is 5.78. The predicted molar refractivity (Wildman–Crippen MR) is 125 cm³/mol. The van der Waals surface area contributed by atoms with Gasteiger partial charge in [-0.15, -0.1) is 0 Å². The number of rotatable bonds is 8. The molecule has 1 aliphatic rings. The van der Waals surface area contributed by atoms with Gasteiger partial charge in [-0.25, -0.2) is 4.79 Å². The van der Waals surface area contributed by atoms with Crippen LogP contribution in [0.1, 0.15) is 47.1 Å². The molecule has 1 heterocycles. The number of allylic oxidation sites excluding steroid dienone is 1. The molecule has 1 aromatic heterocycles. The number of carboxylic acid groups (broad SMARTS) is 1. The summed E-state index contributed by atoms with van der Waals surface area (Å²) in [6, 6.07) is 19.0. The van der Waals surface area contributed by atoms with E-state index in [1.165, 1.54) is 0 Å². The van der Waals surface area contributed by atoms with E-state index < -0.39 is 5.97 Å². The molecule has 6 heteroatoms. The third kappa shape index (κ3) is 5.66. The van der Waals surface area contributed by atoms with Gasteiger partial charge in [0.15, 0.2) is 6.61 Å². The van der Waals surface area contributed by atoms with Crippen molar-refractivity contribution in [2.75, 3.05) is 6.61 Å². The SMILES string of the molecule is O=C(O)COc1cccc2c1CCCC2/C=C/C(=O)NC(c1ccccc1)c1cccnc1. The average Bonchev–Trinajstić information content (AvgIpc) is 2.85. The molecule has 0 spiro atoms. The van der Waals surface area contributed by atoms with Crippen LogP contribution in [0.2, 0.25) is 0 Å². The second-order valence-corrected chi connectivity index (χ2v) is 8.00. The summed E-state index contributed by atoms with van der Waals surface area (Å²) in [4.78, 5) is 28.0. The second-order valence-electron chi connectivity index (χ2n) is 8.00. The van der Waals surface area contributed by atoms with Crippen LogP contribution in [-0.4, -0.2) is 28.6 Å². The standard InChI is InChI=1S/C27H26N2O4/c30-25(29-27(20-7-2-1-3-8-20)21-10-6-16-28-17-21)15-14-19-9-4-12-23-22(19)11-5-13-24(23)33-18-26(31)32/h1-3,5-8,10-11,13-17,19,27H,4,9,12,18H2,(H,29,30)(H,31,32)/b15-14+. The fourth-order valence-corrected chi connectivity index (χ4v) is 4.27. The number of fused-ring (bicyclic) bond motifs is 1. The Bertz CT molecular complexity index is 1090. The van der Waals surface area contributed by atoms with Crippen molar-refractivity contribution in [2.45, 2.75) is 31.2 Å². The zero-order chi connectivity index (χ0) is 23.0. The molecule has 2 atom stereocenters. The minimum atomic E-state index is -1.00. The van der Waals surface area contributed by atoms with Crippen LogP contribution < -0.4 is 10.1 Å². The number of benzene rings is 2. The number of nitrogens with one attached hydrogen (secondary N) is 1. The Labute approximate surface area is 192 Å². The van der Waals surface area contributed by atoms with E-state index in [9.17, 15) is 9.59 Å². The Morgan fingerprint density at radius 3 is 2.67 bits per heavy atom. The number of hydrogen-bond donors (Lipinski definition) is 2.